The summed E-state index contributed by atoms with van der Waals surface area (Å²) < 4.78 is 5.25. The van der Waals surface area contributed by atoms with E-state index in [2.05, 4.69) is 5.32 Å². The summed E-state index contributed by atoms with van der Waals surface area (Å²) in [6.45, 7) is 2.31. The molecule has 0 fully saturated rings. The van der Waals surface area contributed by atoms with Gasteiger partial charge in [-0.25, -0.2) is 4.79 Å². The van der Waals surface area contributed by atoms with Gasteiger partial charge in [-0.1, -0.05) is 24.3 Å². The lowest BCUT2D eigenvalue weighted by Crippen LogP contribution is -2.24. The fraction of sp³-hybridized carbons (Fsp3) is 0.222. The van der Waals surface area contributed by atoms with Crippen molar-refractivity contribution >= 4 is 11.9 Å². The van der Waals surface area contributed by atoms with Crippen molar-refractivity contribution in [2.45, 2.75) is 19.9 Å². The summed E-state index contributed by atoms with van der Waals surface area (Å²) in [5, 5.41) is 11.7. The van der Waals surface area contributed by atoms with Crippen LogP contribution in [-0.4, -0.2) is 24.1 Å². The lowest BCUT2D eigenvalue weighted by atomic mass is 10.1. The molecule has 5 heteroatoms. The first kappa shape index (κ1) is 16.5. The molecule has 5 nitrogen and oxygen atoms in total. The van der Waals surface area contributed by atoms with Crippen LogP contribution in [0.5, 0.6) is 5.75 Å². The highest BCUT2D eigenvalue weighted by atomic mass is 16.5. The van der Waals surface area contributed by atoms with Crippen molar-refractivity contribution in [1.29, 1.82) is 0 Å². The molecule has 0 aliphatic heterocycles. The van der Waals surface area contributed by atoms with Gasteiger partial charge in [0, 0.05) is 6.54 Å². The van der Waals surface area contributed by atoms with Gasteiger partial charge in [-0.15, -0.1) is 0 Å². The number of carbonyl (C=O) groups is 2. The van der Waals surface area contributed by atoms with Gasteiger partial charge < -0.3 is 15.2 Å². The first-order chi connectivity index (χ1) is 11.0. The number of nitrogens with one attached hydrogen (secondary N) is 1. The Morgan fingerprint density at radius 1 is 1.09 bits per heavy atom. The van der Waals surface area contributed by atoms with E-state index in [1.807, 2.05) is 25.1 Å². The van der Waals surface area contributed by atoms with Crippen molar-refractivity contribution in [3.63, 3.8) is 0 Å². The third-order valence-electron chi connectivity index (χ3n) is 3.53. The van der Waals surface area contributed by atoms with E-state index >= 15 is 0 Å². The van der Waals surface area contributed by atoms with Crippen LogP contribution in [0.1, 0.15) is 27.0 Å². The van der Waals surface area contributed by atoms with Gasteiger partial charge in [0.15, 0.2) is 0 Å². The lowest BCUT2D eigenvalue weighted by Gasteiger charge is -2.09. The van der Waals surface area contributed by atoms with Gasteiger partial charge in [0.1, 0.15) is 5.75 Å². The monoisotopic (exact) mass is 313 g/mol. The first-order valence-corrected chi connectivity index (χ1v) is 7.22. The fourth-order valence-electron chi connectivity index (χ4n) is 2.19. The Bertz CT molecular complexity index is 707. The van der Waals surface area contributed by atoms with Gasteiger partial charge in [-0.3, -0.25) is 4.79 Å². The number of carboxylic acids is 1. The Labute approximate surface area is 134 Å². The Morgan fingerprint density at radius 2 is 1.74 bits per heavy atom. The summed E-state index contributed by atoms with van der Waals surface area (Å²) in [5.41, 5.74) is 2.98. The Kier molecular flexibility index (Phi) is 5.36. The zero-order valence-corrected chi connectivity index (χ0v) is 13.1. The number of carboxylic acid groups (broad SMARTS) is 1. The number of hydrogen-bond acceptors (Lipinski definition) is 3. The van der Waals surface area contributed by atoms with E-state index < -0.39 is 5.97 Å². The van der Waals surface area contributed by atoms with Crippen LogP contribution in [0.3, 0.4) is 0 Å². The number of hydrogen-bond donors (Lipinski definition) is 2. The largest absolute Gasteiger partial charge is 0.496 e. The van der Waals surface area contributed by atoms with Gasteiger partial charge in [0.25, 0.3) is 0 Å². The van der Waals surface area contributed by atoms with Crippen molar-refractivity contribution < 1.29 is 19.4 Å². The van der Waals surface area contributed by atoms with Gasteiger partial charge in [0.2, 0.25) is 5.91 Å². The summed E-state index contributed by atoms with van der Waals surface area (Å²) >= 11 is 0. The van der Waals surface area contributed by atoms with E-state index in [1.165, 1.54) is 12.1 Å². The zero-order chi connectivity index (χ0) is 16.8. The minimum atomic E-state index is -0.964. The topological polar surface area (TPSA) is 75.6 Å². The quantitative estimate of drug-likeness (QED) is 0.859. The van der Waals surface area contributed by atoms with Crippen molar-refractivity contribution in [1.82, 2.24) is 5.32 Å². The second-order valence-electron chi connectivity index (χ2n) is 5.26. The van der Waals surface area contributed by atoms with E-state index in [9.17, 15) is 9.59 Å². The molecule has 0 unspecified atom stereocenters. The van der Waals surface area contributed by atoms with Crippen molar-refractivity contribution in [3.8, 4) is 5.75 Å². The van der Waals surface area contributed by atoms with Crippen LogP contribution in [0.4, 0.5) is 0 Å². The molecule has 0 saturated heterocycles. The fourth-order valence-corrected chi connectivity index (χ4v) is 2.19. The average Bonchev–Trinajstić information content (AvgIpc) is 2.55. The maximum Gasteiger partial charge on any atom is 0.335 e. The third-order valence-corrected chi connectivity index (χ3v) is 3.53. The number of aryl methyl sites for hydroxylation is 1. The van der Waals surface area contributed by atoms with Crippen LogP contribution in [0.2, 0.25) is 0 Å². The molecular weight excluding hydrogens is 294 g/mol. The lowest BCUT2D eigenvalue weighted by molar-refractivity contribution is -0.120. The Hall–Kier alpha value is -2.82. The molecule has 0 bridgehead atoms. The van der Waals surface area contributed by atoms with Crippen LogP contribution in [0, 0.1) is 6.92 Å². The first-order valence-electron chi connectivity index (χ1n) is 7.22. The molecule has 0 radical (unpaired) electrons. The van der Waals surface area contributed by atoms with Crippen molar-refractivity contribution in [2.24, 2.45) is 0 Å². The number of carbonyl (C=O) groups excluding carboxylic acids is 1. The molecule has 0 aliphatic carbocycles. The van der Waals surface area contributed by atoms with Crippen LogP contribution in [0.25, 0.3) is 0 Å². The third kappa shape index (κ3) is 4.57. The average molecular weight is 313 g/mol. The minimum absolute atomic E-state index is 0.0989. The highest BCUT2D eigenvalue weighted by molar-refractivity contribution is 5.87. The standard InChI is InChI=1S/C18H19NO4/c1-12-3-4-14(9-16(12)23-2)10-17(20)19-11-13-5-7-15(8-6-13)18(21)22/h3-9H,10-11H2,1-2H3,(H,19,20)(H,21,22). The molecule has 0 aliphatic rings. The second-order valence-corrected chi connectivity index (χ2v) is 5.26. The van der Waals surface area contributed by atoms with Crippen molar-refractivity contribution in [2.75, 3.05) is 7.11 Å². The molecule has 0 aromatic heterocycles. The van der Waals surface area contributed by atoms with E-state index in [1.54, 1.807) is 19.2 Å². The highest BCUT2D eigenvalue weighted by Crippen LogP contribution is 2.19. The van der Waals surface area contributed by atoms with Crippen LogP contribution in [0.15, 0.2) is 42.5 Å². The number of methoxy groups -OCH3 is 1. The highest BCUT2D eigenvalue weighted by Gasteiger charge is 2.07. The Balaban J connectivity index is 1.91. The van der Waals surface area contributed by atoms with Gasteiger partial charge in [-0.2, -0.15) is 0 Å². The Morgan fingerprint density at radius 3 is 2.35 bits per heavy atom. The summed E-state index contributed by atoms with van der Waals surface area (Å²) in [6, 6.07) is 12.1. The zero-order valence-electron chi connectivity index (χ0n) is 13.1. The molecule has 2 aromatic carbocycles. The van der Waals surface area contributed by atoms with Crippen LogP contribution >= 0.6 is 0 Å². The van der Waals surface area contributed by atoms with E-state index in [0.717, 1.165) is 22.4 Å². The normalized spacial score (nSPS) is 10.2. The molecule has 23 heavy (non-hydrogen) atoms. The molecule has 2 aromatic rings. The maximum absolute atomic E-state index is 12.0. The summed E-state index contributed by atoms with van der Waals surface area (Å²) in [4.78, 5) is 22.8. The van der Waals surface area contributed by atoms with Crippen LogP contribution < -0.4 is 10.1 Å². The van der Waals surface area contributed by atoms with Crippen LogP contribution in [-0.2, 0) is 17.8 Å². The molecule has 120 valence electrons. The predicted octanol–water partition coefficient (Wildman–Crippen LogP) is 2.56. The SMILES string of the molecule is COc1cc(CC(=O)NCc2ccc(C(=O)O)cc2)ccc1C. The van der Waals surface area contributed by atoms with Gasteiger partial charge in [0.05, 0.1) is 19.1 Å². The number of benzene rings is 2. The smallest absolute Gasteiger partial charge is 0.335 e. The summed E-state index contributed by atoms with van der Waals surface area (Å²) in [7, 11) is 1.60. The molecule has 2 N–H and O–H groups in total. The van der Waals surface area contributed by atoms with E-state index in [0.29, 0.717) is 6.54 Å². The predicted molar refractivity (Wildman–Crippen MR) is 86.7 cm³/mol. The van der Waals surface area contributed by atoms with E-state index in [-0.39, 0.29) is 17.9 Å². The maximum atomic E-state index is 12.0. The molecule has 0 saturated carbocycles. The summed E-state index contributed by atoms with van der Waals surface area (Å²) in [6.07, 6.45) is 0.268. The molecule has 2 rings (SSSR count). The summed E-state index contributed by atoms with van der Waals surface area (Å²) in [5.74, 6) is -0.299. The van der Waals surface area contributed by atoms with Crippen molar-refractivity contribution in [3.05, 3.63) is 64.7 Å². The molecule has 0 heterocycles. The molecular formula is C18H19NO4. The van der Waals surface area contributed by atoms with Gasteiger partial charge >= 0.3 is 5.97 Å². The van der Waals surface area contributed by atoms with E-state index in [4.69, 9.17) is 9.84 Å². The number of rotatable bonds is 6. The molecule has 1 amide bonds. The van der Waals surface area contributed by atoms with Gasteiger partial charge in [-0.05, 0) is 41.8 Å². The number of ether oxygens (including phenoxy) is 1. The number of aromatic carboxylic acids is 1. The second kappa shape index (κ2) is 7.45. The minimum Gasteiger partial charge on any atom is -0.496 e. The number of amides is 1. The molecule has 0 spiro atoms. The molecule has 0 atom stereocenters.